The highest BCUT2D eigenvalue weighted by atomic mass is 19.1. The minimum absolute atomic E-state index is 0.0313. The van der Waals surface area contributed by atoms with Gasteiger partial charge in [-0.3, -0.25) is 24.3 Å². The van der Waals surface area contributed by atoms with E-state index in [4.69, 9.17) is 5.26 Å². The molecule has 0 fully saturated rings. The summed E-state index contributed by atoms with van der Waals surface area (Å²) < 4.78 is 27.4. The third-order valence-electron chi connectivity index (χ3n) is 3.52. The summed E-state index contributed by atoms with van der Waals surface area (Å²) in [5.74, 6) is -2.36. The lowest BCUT2D eigenvalue weighted by Gasteiger charge is -2.15. The summed E-state index contributed by atoms with van der Waals surface area (Å²) >= 11 is 0. The van der Waals surface area contributed by atoms with Gasteiger partial charge in [0.15, 0.2) is 0 Å². The highest BCUT2D eigenvalue weighted by Crippen LogP contribution is 2.17. The number of halogens is 2. The molecule has 0 aliphatic rings. The van der Waals surface area contributed by atoms with Gasteiger partial charge in [-0.15, -0.1) is 0 Å². The SMILES string of the molecule is C[C@H](NC(=O)Cn1cc([N+](=O)[O-])cc(C#N)c1=O)c1ccc(F)cc1F. The van der Waals surface area contributed by atoms with Crippen LogP contribution < -0.4 is 10.9 Å². The minimum atomic E-state index is -0.867. The molecule has 1 atom stereocenters. The molecule has 0 aliphatic carbocycles. The van der Waals surface area contributed by atoms with Crippen molar-refractivity contribution in [3.8, 4) is 6.07 Å². The minimum Gasteiger partial charge on any atom is -0.348 e. The maximum atomic E-state index is 13.7. The summed E-state index contributed by atoms with van der Waals surface area (Å²) in [7, 11) is 0. The maximum Gasteiger partial charge on any atom is 0.287 e. The van der Waals surface area contributed by atoms with Crippen LogP contribution in [0.25, 0.3) is 0 Å². The molecule has 0 radical (unpaired) electrons. The molecule has 1 aromatic heterocycles. The topological polar surface area (TPSA) is 118 Å². The smallest absolute Gasteiger partial charge is 0.287 e. The Kier molecular flexibility index (Phi) is 5.42. The zero-order valence-corrected chi connectivity index (χ0v) is 13.4. The van der Waals surface area contributed by atoms with Crippen molar-refractivity contribution in [3.05, 3.63) is 73.7 Å². The van der Waals surface area contributed by atoms with E-state index in [9.17, 15) is 28.5 Å². The number of aromatic nitrogens is 1. The monoisotopic (exact) mass is 362 g/mol. The summed E-state index contributed by atoms with van der Waals surface area (Å²) in [5, 5.41) is 22.1. The third-order valence-corrected chi connectivity index (χ3v) is 3.52. The highest BCUT2D eigenvalue weighted by Gasteiger charge is 2.18. The first-order valence-corrected chi connectivity index (χ1v) is 7.26. The zero-order chi connectivity index (χ0) is 19.4. The van der Waals surface area contributed by atoms with E-state index in [1.807, 2.05) is 0 Å². The normalized spacial score (nSPS) is 11.5. The van der Waals surface area contributed by atoms with Crippen LogP contribution >= 0.6 is 0 Å². The van der Waals surface area contributed by atoms with E-state index in [0.29, 0.717) is 6.07 Å². The molecule has 26 heavy (non-hydrogen) atoms. The Balaban J connectivity index is 2.22. The molecule has 0 aliphatic heterocycles. The number of hydrogen-bond donors (Lipinski definition) is 1. The average molecular weight is 362 g/mol. The summed E-state index contributed by atoms with van der Waals surface area (Å²) in [6.07, 6.45) is 0.839. The van der Waals surface area contributed by atoms with Crippen molar-refractivity contribution in [2.45, 2.75) is 19.5 Å². The first kappa shape index (κ1) is 18.7. The summed E-state index contributed by atoms with van der Waals surface area (Å²) in [6.45, 7) is 0.841. The molecule has 8 nitrogen and oxygen atoms in total. The lowest BCUT2D eigenvalue weighted by Crippen LogP contribution is -2.34. The van der Waals surface area contributed by atoms with Crippen LogP contribution in [0.2, 0.25) is 0 Å². The van der Waals surface area contributed by atoms with E-state index in [-0.39, 0.29) is 5.56 Å². The molecule has 1 amide bonds. The lowest BCUT2D eigenvalue weighted by atomic mass is 10.1. The molecule has 10 heteroatoms. The molecular formula is C16H12F2N4O4. The van der Waals surface area contributed by atoms with Crippen molar-refractivity contribution in [1.82, 2.24) is 9.88 Å². The van der Waals surface area contributed by atoms with Gasteiger partial charge in [-0.05, 0) is 13.0 Å². The van der Waals surface area contributed by atoms with Crippen molar-refractivity contribution < 1.29 is 18.5 Å². The van der Waals surface area contributed by atoms with E-state index >= 15 is 0 Å². The van der Waals surface area contributed by atoms with E-state index < -0.39 is 51.9 Å². The summed E-state index contributed by atoms with van der Waals surface area (Å²) in [6, 6.07) is 4.37. The number of benzene rings is 1. The van der Waals surface area contributed by atoms with Crippen LogP contribution in [0.4, 0.5) is 14.5 Å². The van der Waals surface area contributed by atoms with Crippen LogP contribution in [0, 0.1) is 33.1 Å². The van der Waals surface area contributed by atoms with E-state index in [2.05, 4.69) is 5.32 Å². The fraction of sp³-hybridized carbons (Fsp3) is 0.188. The predicted octanol–water partition coefficient (Wildman–Crippen LogP) is 1.78. The summed E-state index contributed by atoms with van der Waals surface area (Å²) in [5.41, 5.74) is -1.84. The second kappa shape index (κ2) is 7.52. The Morgan fingerprint density at radius 2 is 2.12 bits per heavy atom. The van der Waals surface area contributed by atoms with Crippen molar-refractivity contribution in [3.63, 3.8) is 0 Å². The van der Waals surface area contributed by atoms with Gasteiger partial charge in [0.05, 0.1) is 17.2 Å². The predicted molar refractivity (Wildman–Crippen MR) is 85.0 cm³/mol. The van der Waals surface area contributed by atoms with Gasteiger partial charge in [-0.1, -0.05) is 6.07 Å². The maximum absolute atomic E-state index is 13.7. The van der Waals surface area contributed by atoms with Crippen LogP contribution in [-0.2, 0) is 11.3 Å². The fourth-order valence-corrected chi connectivity index (χ4v) is 2.29. The number of rotatable bonds is 5. The van der Waals surface area contributed by atoms with Crippen molar-refractivity contribution in [2.75, 3.05) is 0 Å². The number of hydrogen-bond acceptors (Lipinski definition) is 5. The van der Waals surface area contributed by atoms with Gasteiger partial charge in [-0.2, -0.15) is 5.26 Å². The number of nitro groups is 1. The number of nitriles is 1. The van der Waals surface area contributed by atoms with E-state index in [0.717, 1.165) is 22.9 Å². The molecular weight excluding hydrogens is 350 g/mol. The Labute approximate surface area is 145 Å². The molecule has 134 valence electrons. The molecule has 1 heterocycles. The molecule has 2 aromatic rings. The molecule has 0 bridgehead atoms. The molecule has 1 N–H and O–H groups in total. The third kappa shape index (κ3) is 4.07. The molecule has 0 saturated heterocycles. The van der Waals surface area contributed by atoms with Crippen molar-refractivity contribution >= 4 is 11.6 Å². The zero-order valence-electron chi connectivity index (χ0n) is 13.4. The lowest BCUT2D eigenvalue weighted by molar-refractivity contribution is -0.385. The second-order valence-electron chi connectivity index (χ2n) is 5.37. The summed E-state index contributed by atoms with van der Waals surface area (Å²) in [4.78, 5) is 34.1. The first-order valence-electron chi connectivity index (χ1n) is 7.26. The van der Waals surface area contributed by atoms with E-state index in [1.54, 1.807) is 0 Å². The standard InChI is InChI=1S/C16H12F2N4O4/c1-9(13-3-2-11(17)5-14(13)18)20-15(23)8-21-7-12(22(25)26)4-10(6-19)16(21)24/h2-5,7,9H,8H2,1H3,(H,20,23)/t9-/m0/s1. The van der Waals surface area contributed by atoms with Crippen LogP contribution in [0.3, 0.4) is 0 Å². The number of carbonyl (C=O) groups excluding carboxylic acids is 1. The van der Waals surface area contributed by atoms with Gasteiger partial charge >= 0.3 is 0 Å². The van der Waals surface area contributed by atoms with Gasteiger partial charge < -0.3 is 5.32 Å². The van der Waals surface area contributed by atoms with Crippen molar-refractivity contribution in [1.29, 1.82) is 5.26 Å². The average Bonchev–Trinajstić information content (AvgIpc) is 2.56. The van der Waals surface area contributed by atoms with Crippen LogP contribution in [0.1, 0.15) is 24.1 Å². The fourth-order valence-electron chi connectivity index (χ4n) is 2.29. The number of nitrogens with one attached hydrogen (secondary N) is 1. The number of carbonyl (C=O) groups is 1. The quantitative estimate of drug-likeness (QED) is 0.642. The number of nitrogens with zero attached hydrogens (tertiary/aromatic N) is 3. The second-order valence-corrected chi connectivity index (χ2v) is 5.37. The van der Waals surface area contributed by atoms with Crippen molar-refractivity contribution in [2.24, 2.45) is 0 Å². The molecule has 0 unspecified atom stereocenters. The largest absolute Gasteiger partial charge is 0.348 e. The van der Waals surface area contributed by atoms with Gasteiger partial charge in [-0.25, -0.2) is 8.78 Å². The van der Waals surface area contributed by atoms with Gasteiger partial charge in [0, 0.05) is 17.7 Å². The van der Waals surface area contributed by atoms with E-state index in [1.165, 1.54) is 19.1 Å². The Morgan fingerprint density at radius 1 is 1.42 bits per heavy atom. The molecule has 0 spiro atoms. The Morgan fingerprint density at radius 3 is 2.69 bits per heavy atom. The van der Waals surface area contributed by atoms with Gasteiger partial charge in [0.2, 0.25) is 5.91 Å². The molecule has 1 aromatic carbocycles. The van der Waals surface area contributed by atoms with Crippen LogP contribution in [-0.4, -0.2) is 15.4 Å². The van der Waals surface area contributed by atoms with Crippen LogP contribution in [0.15, 0.2) is 35.3 Å². The van der Waals surface area contributed by atoms with Crippen LogP contribution in [0.5, 0.6) is 0 Å². The molecule has 2 rings (SSSR count). The number of pyridine rings is 1. The van der Waals surface area contributed by atoms with Gasteiger partial charge in [0.1, 0.15) is 29.8 Å². The number of amides is 1. The Hall–Kier alpha value is -3.61. The molecule has 0 saturated carbocycles. The van der Waals surface area contributed by atoms with Gasteiger partial charge in [0.25, 0.3) is 11.2 Å². The highest BCUT2D eigenvalue weighted by molar-refractivity contribution is 5.76. The first-order chi connectivity index (χ1) is 12.2. The Bertz CT molecular complexity index is 981.